The third-order valence-electron chi connectivity index (χ3n) is 6.09. The van der Waals surface area contributed by atoms with Gasteiger partial charge in [0, 0.05) is 31.4 Å². The smallest absolute Gasteiger partial charge is 0.264 e. The second-order valence-corrected chi connectivity index (χ2v) is 10.0. The zero-order valence-electron chi connectivity index (χ0n) is 20.5. The van der Waals surface area contributed by atoms with E-state index in [1.54, 1.807) is 17.2 Å². The summed E-state index contributed by atoms with van der Waals surface area (Å²) < 4.78 is 27.2. The molecule has 192 valence electrons. The van der Waals surface area contributed by atoms with Gasteiger partial charge in [-0.1, -0.05) is 37.3 Å². The van der Waals surface area contributed by atoms with E-state index in [-0.39, 0.29) is 25.4 Å². The lowest BCUT2D eigenvalue weighted by atomic mass is 10.0. The van der Waals surface area contributed by atoms with E-state index in [2.05, 4.69) is 11.9 Å². The maximum Gasteiger partial charge on any atom is 0.264 e. The van der Waals surface area contributed by atoms with Gasteiger partial charge >= 0.3 is 0 Å². The highest BCUT2D eigenvalue weighted by Gasteiger charge is 2.25. The first-order chi connectivity index (χ1) is 17.8. The van der Waals surface area contributed by atoms with Crippen LogP contribution in [0.3, 0.4) is 0 Å². The Morgan fingerprint density at radius 2 is 1.76 bits per heavy atom. The molecule has 0 bridgehead atoms. The number of pyridine rings is 1. The van der Waals surface area contributed by atoms with Gasteiger partial charge in [-0.15, -0.1) is 11.3 Å². The maximum absolute atomic E-state index is 13.6. The van der Waals surface area contributed by atoms with Crippen molar-refractivity contribution in [3.05, 3.63) is 112 Å². The fraction of sp³-hybridized carbons (Fsp3) is 0.241. The van der Waals surface area contributed by atoms with Gasteiger partial charge in [-0.05, 0) is 65.9 Å². The maximum atomic E-state index is 13.6. The van der Waals surface area contributed by atoms with Crippen LogP contribution < -0.4 is 5.73 Å². The topological polar surface area (TPSA) is 79.5 Å². The van der Waals surface area contributed by atoms with Crippen LogP contribution >= 0.6 is 11.3 Å². The predicted octanol–water partition coefficient (Wildman–Crippen LogP) is 5.22. The van der Waals surface area contributed by atoms with Crippen LogP contribution in [0, 0.1) is 11.6 Å². The summed E-state index contributed by atoms with van der Waals surface area (Å²) in [6.45, 7) is 2.30. The zero-order valence-corrected chi connectivity index (χ0v) is 21.3. The van der Waals surface area contributed by atoms with Crippen LogP contribution in [0.25, 0.3) is 10.6 Å². The Morgan fingerprint density at radius 1 is 1.00 bits per heavy atom. The van der Waals surface area contributed by atoms with Crippen LogP contribution in [0.15, 0.2) is 79.0 Å². The molecule has 37 heavy (non-hydrogen) atoms. The minimum atomic E-state index is -1.11. The molecule has 0 aliphatic rings. The first-order valence-electron chi connectivity index (χ1n) is 12.1. The highest BCUT2D eigenvalue weighted by molar-refractivity contribution is 7.17. The Kier molecular flexibility index (Phi) is 8.76. The summed E-state index contributed by atoms with van der Waals surface area (Å²) in [6, 6.07) is 19.5. The van der Waals surface area contributed by atoms with Gasteiger partial charge in [-0.25, -0.2) is 8.78 Å². The standard InChI is InChI=1S/C29H29F2N3O2S/c1-2-19-6-5-7-20(12-19)17-34(18-26(35)24(32)15-21-13-22(30)16-23(31)14-21)29(36)28-10-9-27(37-28)25-8-3-4-11-33-25/h3-14,16,24,26,35H,2,15,17-18,32H2,1H3. The Balaban J connectivity index is 1.55. The van der Waals surface area contributed by atoms with E-state index in [1.807, 2.05) is 48.5 Å². The summed E-state index contributed by atoms with van der Waals surface area (Å²) >= 11 is 1.33. The molecule has 0 saturated carbocycles. The lowest BCUT2D eigenvalue weighted by Gasteiger charge is -2.28. The number of carbonyl (C=O) groups excluding carboxylic acids is 1. The summed E-state index contributed by atoms with van der Waals surface area (Å²) in [5, 5.41) is 10.9. The molecular weight excluding hydrogens is 492 g/mol. The number of carbonyl (C=O) groups is 1. The Labute approximate surface area is 219 Å². The lowest BCUT2D eigenvalue weighted by molar-refractivity contribution is 0.0558. The number of nitrogens with zero attached hydrogens (tertiary/aromatic N) is 2. The molecule has 0 radical (unpaired) electrons. The molecule has 0 aliphatic carbocycles. The molecule has 1 amide bonds. The quantitative estimate of drug-likeness (QED) is 0.300. The summed E-state index contributed by atoms with van der Waals surface area (Å²) in [5.74, 6) is -1.64. The number of hydrogen-bond acceptors (Lipinski definition) is 5. The first-order valence-corrected chi connectivity index (χ1v) is 12.9. The molecule has 2 heterocycles. The Hall–Kier alpha value is -3.46. The zero-order chi connectivity index (χ0) is 26.4. The van der Waals surface area contributed by atoms with Gasteiger partial charge in [0.05, 0.1) is 21.6 Å². The highest BCUT2D eigenvalue weighted by Crippen LogP contribution is 2.28. The van der Waals surface area contributed by atoms with Crippen LogP contribution in [0.4, 0.5) is 8.78 Å². The van der Waals surface area contributed by atoms with E-state index < -0.39 is 23.8 Å². The van der Waals surface area contributed by atoms with Crippen molar-refractivity contribution in [2.24, 2.45) is 5.73 Å². The van der Waals surface area contributed by atoms with Crippen LogP contribution in [0.2, 0.25) is 0 Å². The monoisotopic (exact) mass is 521 g/mol. The molecule has 2 aromatic carbocycles. The average Bonchev–Trinajstić information content (AvgIpc) is 3.38. The van der Waals surface area contributed by atoms with E-state index in [1.165, 1.54) is 23.5 Å². The van der Waals surface area contributed by atoms with Gasteiger partial charge in [0.1, 0.15) is 11.6 Å². The third-order valence-corrected chi connectivity index (χ3v) is 7.19. The highest BCUT2D eigenvalue weighted by atomic mass is 32.1. The van der Waals surface area contributed by atoms with E-state index >= 15 is 0 Å². The molecule has 5 nitrogen and oxygen atoms in total. The van der Waals surface area contributed by atoms with E-state index in [0.29, 0.717) is 10.4 Å². The third kappa shape index (κ3) is 7.07. The van der Waals surface area contributed by atoms with Gasteiger partial charge in [0.2, 0.25) is 0 Å². The Morgan fingerprint density at radius 3 is 2.46 bits per heavy atom. The second-order valence-electron chi connectivity index (χ2n) is 8.95. The number of aromatic nitrogens is 1. The van der Waals surface area contributed by atoms with Crippen molar-refractivity contribution < 1.29 is 18.7 Å². The number of amides is 1. The molecule has 0 aliphatic heterocycles. The van der Waals surface area contributed by atoms with Crippen molar-refractivity contribution >= 4 is 17.2 Å². The van der Waals surface area contributed by atoms with Crippen LogP contribution in [0.5, 0.6) is 0 Å². The average molecular weight is 522 g/mol. The van der Waals surface area contributed by atoms with Crippen molar-refractivity contribution in [2.45, 2.75) is 38.5 Å². The van der Waals surface area contributed by atoms with Gasteiger partial charge in [0.25, 0.3) is 5.91 Å². The van der Waals surface area contributed by atoms with E-state index in [4.69, 9.17) is 5.73 Å². The molecule has 2 unspecified atom stereocenters. The molecule has 0 spiro atoms. The molecule has 8 heteroatoms. The van der Waals surface area contributed by atoms with Gasteiger partial charge < -0.3 is 15.7 Å². The number of aliphatic hydroxyl groups excluding tert-OH is 1. The fourth-order valence-electron chi connectivity index (χ4n) is 4.14. The van der Waals surface area contributed by atoms with Crippen LogP contribution in [0.1, 0.15) is 33.3 Å². The number of thiophene rings is 1. The minimum absolute atomic E-state index is 0.0367. The number of halogens is 2. The molecular formula is C29H29F2N3O2S. The normalized spacial score (nSPS) is 12.8. The molecule has 4 aromatic rings. The van der Waals surface area contributed by atoms with Crippen LogP contribution in [-0.4, -0.2) is 39.6 Å². The number of benzene rings is 2. The van der Waals surface area contributed by atoms with E-state index in [9.17, 15) is 18.7 Å². The summed E-state index contributed by atoms with van der Waals surface area (Å²) in [7, 11) is 0. The van der Waals surface area contributed by atoms with Crippen molar-refractivity contribution in [3.63, 3.8) is 0 Å². The fourth-order valence-corrected chi connectivity index (χ4v) is 5.09. The van der Waals surface area contributed by atoms with Gasteiger partial charge in [-0.3, -0.25) is 9.78 Å². The van der Waals surface area contributed by atoms with Crippen molar-refractivity contribution in [3.8, 4) is 10.6 Å². The molecule has 0 fully saturated rings. The Bertz CT molecular complexity index is 1330. The number of nitrogens with two attached hydrogens (primary N) is 1. The molecule has 0 saturated heterocycles. The predicted molar refractivity (Wildman–Crippen MR) is 142 cm³/mol. The lowest BCUT2D eigenvalue weighted by Crippen LogP contribution is -2.46. The molecule has 4 rings (SSSR count). The number of aliphatic hydroxyl groups is 1. The number of hydrogen-bond donors (Lipinski definition) is 2. The SMILES string of the molecule is CCc1cccc(CN(CC(O)C(N)Cc2cc(F)cc(F)c2)C(=O)c2ccc(-c3ccccn3)s2)c1. The van der Waals surface area contributed by atoms with Crippen molar-refractivity contribution in [1.82, 2.24) is 9.88 Å². The molecule has 3 N–H and O–H groups in total. The summed E-state index contributed by atoms with van der Waals surface area (Å²) in [6.07, 6.45) is 1.51. The number of aryl methyl sites for hydroxylation is 1. The van der Waals surface area contributed by atoms with Gasteiger partial charge in [-0.2, -0.15) is 0 Å². The van der Waals surface area contributed by atoms with Crippen molar-refractivity contribution in [2.75, 3.05) is 6.54 Å². The van der Waals surface area contributed by atoms with Crippen LogP contribution in [-0.2, 0) is 19.4 Å². The second kappa shape index (κ2) is 12.2. The number of rotatable bonds is 10. The van der Waals surface area contributed by atoms with Gasteiger partial charge in [0.15, 0.2) is 0 Å². The van der Waals surface area contributed by atoms with E-state index in [0.717, 1.165) is 34.2 Å². The minimum Gasteiger partial charge on any atom is -0.390 e. The molecule has 2 atom stereocenters. The molecule has 2 aromatic heterocycles. The summed E-state index contributed by atoms with van der Waals surface area (Å²) in [4.78, 5) is 20.9. The van der Waals surface area contributed by atoms with Crippen molar-refractivity contribution in [1.29, 1.82) is 0 Å². The summed E-state index contributed by atoms with van der Waals surface area (Å²) in [5.41, 5.74) is 9.41. The first kappa shape index (κ1) is 26.6. The largest absolute Gasteiger partial charge is 0.390 e.